The van der Waals surface area contributed by atoms with Crippen LogP contribution in [0, 0.1) is 0 Å². The number of hydrogen-bond donors (Lipinski definition) is 2. The van der Waals surface area contributed by atoms with Crippen LogP contribution in [0.15, 0.2) is 48.5 Å². The Balaban J connectivity index is 2.10. The summed E-state index contributed by atoms with van der Waals surface area (Å²) in [5.74, 6) is -0.138. The molecule has 0 unspecified atom stereocenters. The zero-order valence-electron chi connectivity index (χ0n) is 10.7. The van der Waals surface area contributed by atoms with Gasteiger partial charge >= 0.3 is 0 Å². The van der Waals surface area contributed by atoms with E-state index >= 15 is 0 Å². The Hall–Kier alpha value is -2.13. The van der Waals surface area contributed by atoms with Crippen molar-refractivity contribution in [3.63, 3.8) is 0 Å². The van der Waals surface area contributed by atoms with Crippen LogP contribution in [-0.2, 0) is 4.79 Å². The van der Waals surface area contributed by atoms with E-state index in [1.807, 2.05) is 48.5 Å². The highest BCUT2D eigenvalue weighted by Crippen LogP contribution is 2.19. The Kier molecular flexibility index (Phi) is 4.70. The quantitative estimate of drug-likeness (QED) is 0.636. The first-order valence-corrected chi connectivity index (χ1v) is 6.36. The van der Waals surface area contributed by atoms with E-state index in [-0.39, 0.29) is 12.5 Å². The van der Waals surface area contributed by atoms with Gasteiger partial charge in [-0.3, -0.25) is 4.79 Å². The molecule has 98 valence electrons. The van der Waals surface area contributed by atoms with Crippen molar-refractivity contribution >= 4 is 22.8 Å². The van der Waals surface area contributed by atoms with Gasteiger partial charge in [0.05, 0.1) is 0 Å². The number of amides is 1. The van der Waals surface area contributed by atoms with Gasteiger partial charge in [-0.1, -0.05) is 42.5 Å². The minimum atomic E-state index is -0.138. The van der Waals surface area contributed by atoms with E-state index in [1.54, 1.807) is 0 Å². The fourth-order valence-electron chi connectivity index (χ4n) is 1.91. The summed E-state index contributed by atoms with van der Waals surface area (Å²) < 4.78 is 0. The molecule has 0 heterocycles. The van der Waals surface area contributed by atoms with Crippen molar-refractivity contribution in [2.45, 2.75) is 6.42 Å². The lowest BCUT2D eigenvalue weighted by molar-refractivity contribution is -0.116. The van der Waals surface area contributed by atoms with Gasteiger partial charge in [0.2, 0.25) is 5.91 Å². The van der Waals surface area contributed by atoms with Gasteiger partial charge in [-0.05, 0) is 28.8 Å². The van der Waals surface area contributed by atoms with Crippen LogP contribution in [0.2, 0.25) is 0 Å². The Morgan fingerprint density at radius 1 is 1.16 bits per heavy atom. The fourth-order valence-corrected chi connectivity index (χ4v) is 1.91. The van der Waals surface area contributed by atoms with Gasteiger partial charge in [-0.25, -0.2) is 0 Å². The average molecular weight is 255 g/mol. The maximum atomic E-state index is 11.5. The normalized spacial score (nSPS) is 11.0. The summed E-state index contributed by atoms with van der Waals surface area (Å²) in [5.41, 5.74) is 1.02. The molecule has 0 aliphatic heterocycles. The molecule has 3 nitrogen and oxygen atoms in total. The molecular formula is C16H17NO2. The molecule has 2 N–H and O–H groups in total. The molecule has 0 saturated carbocycles. The molecule has 1 amide bonds. The van der Waals surface area contributed by atoms with Gasteiger partial charge in [0, 0.05) is 19.2 Å². The third-order valence-electron chi connectivity index (χ3n) is 2.87. The van der Waals surface area contributed by atoms with Crippen molar-refractivity contribution in [3.05, 3.63) is 54.1 Å². The molecule has 3 heteroatoms. The van der Waals surface area contributed by atoms with Gasteiger partial charge in [-0.2, -0.15) is 0 Å². The van der Waals surface area contributed by atoms with E-state index in [1.165, 1.54) is 6.08 Å². The van der Waals surface area contributed by atoms with Crippen LogP contribution in [0.3, 0.4) is 0 Å². The predicted octanol–water partition coefficient (Wildman–Crippen LogP) is 2.35. The van der Waals surface area contributed by atoms with E-state index in [2.05, 4.69) is 5.32 Å². The standard InChI is InChI=1S/C16H17NO2/c18-12-4-11-17-16(19)10-9-14-7-3-6-13-5-1-2-8-15(13)14/h1-3,5-10,18H,4,11-12H2,(H,17,19)/b10-9+. The fraction of sp³-hybridized carbons (Fsp3) is 0.188. The number of carbonyl (C=O) groups excluding carboxylic acids is 1. The summed E-state index contributed by atoms with van der Waals surface area (Å²) in [6, 6.07) is 14.1. The summed E-state index contributed by atoms with van der Waals surface area (Å²) in [4.78, 5) is 11.5. The number of benzene rings is 2. The minimum Gasteiger partial charge on any atom is -0.396 e. The summed E-state index contributed by atoms with van der Waals surface area (Å²) in [7, 11) is 0. The molecule has 0 aliphatic rings. The molecule has 0 bridgehead atoms. The monoisotopic (exact) mass is 255 g/mol. The smallest absolute Gasteiger partial charge is 0.244 e. The third kappa shape index (κ3) is 3.66. The maximum Gasteiger partial charge on any atom is 0.244 e. The van der Waals surface area contributed by atoms with Crippen LogP contribution in [0.1, 0.15) is 12.0 Å². The number of rotatable bonds is 5. The van der Waals surface area contributed by atoms with Crippen LogP contribution in [0.4, 0.5) is 0 Å². The number of fused-ring (bicyclic) bond motifs is 1. The van der Waals surface area contributed by atoms with Crippen LogP contribution in [-0.4, -0.2) is 24.2 Å². The molecule has 0 saturated heterocycles. The summed E-state index contributed by atoms with van der Waals surface area (Å²) in [6.45, 7) is 0.586. The summed E-state index contributed by atoms with van der Waals surface area (Å²) >= 11 is 0. The van der Waals surface area contributed by atoms with Gasteiger partial charge in [0.1, 0.15) is 0 Å². The molecule has 0 atom stereocenters. The topological polar surface area (TPSA) is 49.3 Å². The van der Waals surface area contributed by atoms with Crippen molar-refractivity contribution in [1.82, 2.24) is 5.32 Å². The summed E-state index contributed by atoms with van der Waals surface area (Å²) in [6.07, 6.45) is 3.92. The molecule has 0 radical (unpaired) electrons. The number of carbonyl (C=O) groups is 1. The van der Waals surface area contributed by atoms with E-state index in [4.69, 9.17) is 5.11 Å². The van der Waals surface area contributed by atoms with Crippen molar-refractivity contribution in [3.8, 4) is 0 Å². The first-order chi connectivity index (χ1) is 9.31. The van der Waals surface area contributed by atoms with Gasteiger partial charge in [0.25, 0.3) is 0 Å². The van der Waals surface area contributed by atoms with Gasteiger partial charge in [-0.15, -0.1) is 0 Å². The van der Waals surface area contributed by atoms with E-state index in [9.17, 15) is 4.79 Å². The van der Waals surface area contributed by atoms with Crippen LogP contribution >= 0.6 is 0 Å². The van der Waals surface area contributed by atoms with Crippen molar-refractivity contribution < 1.29 is 9.90 Å². The number of aliphatic hydroxyl groups is 1. The Morgan fingerprint density at radius 2 is 1.95 bits per heavy atom. The van der Waals surface area contributed by atoms with Crippen molar-refractivity contribution in [2.24, 2.45) is 0 Å². The van der Waals surface area contributed by atoms with Crippen LogP contribution in [0.5, 0.6) is 0 Å². The number of aliphatic hydroxyl groups excluding tert-OH is 1. The average Bonchev–Trinajstić information content (AvgIpc) is 2.45. The second kappa shape index (κ2) is 6.71. The molecule has 2 aromatic rings. The number of nitrogens with one attached hydrogen (secondary N) is 1. The molecule has 0 aromatic heterocycles. The zero-order chi connectivity index (χ0) is 13.5. The highest BCUT2D eigenvalue weighted by atomic mass is 16.3. The maximum absolute atomic E-state index is 11.5. The summed E-state index contributed by atoms with van der Waals surface area (Å²) in [5, 5.41) is 13.6. The van der Waals surface area contributed by atoms with E-state index in [0.29, 0.717) is 13.0 Å². The van der Waals surface area contributed by atoms with Crippen LogP contribution < -0.4 is 5.32 Å². The molecule has 0 spiro atoms. The van der Waals surface area contributed by atoms with Crippen molar-refractivity contribution in [2.75, 3.05) is 13.2 Å². The second-order valence-corrected chi connectivity index (χ2v) is 4.27. The predicted molar refractivity (Wildman–Crippen MR) is 77.7 cm³/mol. The van der Waals surface area contributed by atoms with Gasteiger partial charge < -0.3 is 10.4 Å². The molecule has 0 aliphatic carbocycles. The highest BCUT2D eigenvalue weighted by Gasteiger charge is 1.98. The SMILES string of the molecule is O=C(/C=C/c1cccc2ccccc12)NCCCO. The van der Waals surface area contributed by atoms with Gasteiger partial charge in [0.15, 0.2) is 0 Å². The lowest BCUT2D eigenvalue weighted by Gasteiger charge is -2.02. The lowest BCUT2D eigenvalue weighted by Crippen LogP contribution is -2.22. The molecule has 0 fully saturated rings. The first-order valence-electron chi connectivity index (χ1n) is 6.36. The first kappa shape index (κ1) is 13.3. The Bertz CT molecular complexity index is 585. The molecule has 2 aromatic carbocycles. The number of hydrogen-bond acceptors (Lipinski definition) is 2. The molecule has 19 heavy (non-hydrogen) atoms. The van der Waals surface area contributed by atoms with E-state index < -0.39 is 0 Å². The van der Waals surface area contributed by atoms with Crippen molar-refractivity contribution in [1.29, 1.82) is 0 Å². The second-order valence-electron chi connectivity index (χ2n) is 4.27. The Morgan fingerprint density at radius 3 is 2.79 bits per heavy atom. The van der Waals surface area contributed by atoms with Crippen LogP contribution in [0.25, 0.3) is 16.8 Å². The largest absolute Gasteiger partial charge is 0.396 e. The lowest BCUT2D eigenvalue weighted by atomic mass is 10.0. The molecular weight excluding hydrogens is 238 g/mol. The highest BCUT2D eigenvalue weighted by molar-refractivity contribution is 5.96. The zero-order valence-corrected chi connectivity index (χ0v) is 10.7. The Labute approximate surface area is 112 Å². The van der Waals surface area contributed by atoms with E-state index in [0.717, 1.165) is 16.3 Å². The minimum absolute atomic E-state index is 0.0906. The third-order valence-corrected chi connectivity index (χ3v) is 2.87. The molecule has 2 rings (SSSR count).